The molecule has 3 aromatic heterocycles. The predicted molar refractivity (Wildman–Crippen MR) is 100 cm³/mol. The number of benzene rings is 1. The van der Waals surface area contributed by atoms with Crippen molar-refractivity contribution in [1.82, 2.24) is 10.3 Å². The maximum absolute atomic E-state index is 12.4. The Morgan fingerprint density at radius 3 is 2.88 bits per heavy atom. The van der Waals surface area contributed by atoms with E-state index in [1.807, 2.05) is 42.6 Å². The van der Waals surface area contributed by atoms with E-state index >= 15 is 0 Å². The number of aryl methyl sites for hydroxylation is 1. The first-order valence-electron chi connectivity index (χ1n) is 7.48. The van der Waals surface area contributed by atoms with E-state index in [-0.39, 0.29) is 11.5 Å². The third-order valence-electron chi connectivity index (χ3n) is 3.87. The molecule has 0 unspecified atom stereocenters. The van der Waals surface area contributed by atoms with E-state index in [2.05, 4.69) is 10.3 Å². The van der Waals surface area contributed by atoms with Crippen LogP contribution in [0.3, 0.4) is 0 Å². The van der Waals surface area contributed by atoms with Crippen LogP contribution in [-0.4, -0.2) is 10.9 Å². The fourth-order valence-corrected chi connectivity index (χ4v) is 4.43. The van der Waals surface area contributed by atoms with Crippen LogP contribution in [0.5, 0.6) is 0 Å². The molecule has 6 heteroatoms. The van der Waals surface area contributed by atoms with Gasteiger partial charge in [-0.25, -0.2) is 0 Å². The van der Waals surface area contributed by atoms with Crippen LogP contribution in [0.4, 0.5) is 0 Å². The van der Waals surface area contributed by atoms with Gasteiger partial charge in [0.25, 0.3) is 11.5 Å². The standard InChI is InChI=1S/C18H14N2O2S2/c1-10-4-5-14-12(7-10)16-13(17(21)20-14)8-15(24-16)18(22)19-9-11-3-2-6-23-11/h2-8H,9H2,1H3,(H,19,22)(H,20,21). The van der Waals surface area contributed by atoms with Crippen molar-refractivity contribution in [3.8, 4) is 0 Å². The molecular formula is C18H14N2O2S2. The zero-order valence-corrected chi connectivity index (χ0v) is 14.5. The topological polar surface area (TPSA) is 62.0 Å². The van der Waals surface area contributed by atoms with Crippen LogP contribution >= 0.6 is 22.7 Å². The van der Waals surface area contributed by atoms with Gasteiger partial charge in [-0.3, -0.25) is 9.59 Å². The van der Waals surface area contributed by atoms with Gasteiger partial charge in [0.05, 0.1) is 16.8 Å². The van der Waals surface area contributed by atoms with Crippen molar-refractivity contribution in [3.05, 3.63) is 67.4 Å². The number of aromatic nitrogens is 1. The number of thiophene rings is 2. The summed E-state index contributed by atoms with van der Waals surface area (Å²) >= 11 is 2.97. The van der Waals surface area contributed by atoms with E-state index in [4.69, 9.17) is 0 Å². The number of H-pyrrole nitrogens is 1. The Hall–Kier alpha value is -2.44. The summed E-state index contributed by atoms with van der Waals surface area (Å²) in [5.74, 6) is -0.148. The third-order valence-corrected chi connectivity index (χ3v) is 5.92. The number of aromatic amines is 1. The third kappa shape index (κ3) is 2.64. The van der Waals surface area contributed by atoms with E-state index in [0.29, 0.717) is 16.8 Å². The molecule has 4 aromatic rings. The number of rotatable bonds is 3. The average Bonchev–Trinajstić information content (AvgIpc) is 3.23. The molecule has 24 heavy (non-hydrogen) atoms. The van der Waals surface area contributed by atoms with Crippen molar-refractivity contribution in [2.45, 2.75) is 13.5 Å². The molecule has 0 spiro atoms. The van der Waals surface area contributed by atoms with E-state index in [1.165, 1.54) is 11.3 Å². The lowest BCUT2D eigenvalue weighted by Gasteiger charge is -2.01. The van der Waals surface area contributed by atoms with Gasteiger partial charge in [0.1, 0.15) is 0 Å². The van der Waals surface area contributed by atoms with Gasteiger partial charge in [0, 0.05) is 20.5 Å². The van der Waals surface area contributed by atoms with Gasteiger partial charge in [-0.05, 0) is 36.6 Å². The zero-order chi connectivity index (χ0) is 16.7. The van der Waals surface area contributed by atoms with E-state index in [9.17, 15) is 9.59 Å². The molecule has 1 amide bonds. The van der Waals surface area contributed by atoms with Crippen LogP contribution in [0.15, 0.2) is 46.6 Å². The first-order chi connectivity index (χ1) is 11.6. The molecule has 0 saturated heterocycles. The molecule has 4 nitrogen and oxygen atoms in total. The number of amides is 1. The zero-order valence-electron chi connectivity index (χ0n) is 12.9. The van der Waals surface area contributed by atoms with Gasteiger partial charge in [-0.15, -0.1) is 22.7 Å². The molecule has 0 radical (unpaired) electrons. The highest BCUT2D eigenvalue weighted by Crippen LogP contribution is 2.30. The second-order valence-corrected chi connectivity index (χ2v) is 7.70. The number of pyridine rings is 1. The van der Waals surface area contributed by atoms with Gasteiger partial charge in [0.15, 0.2) is 0 Å². The van der Waals surface area contributed by atoms with Crippen molar-refractivity contribution >= 4 is 49.6 Å². The van der Waals surface area contributed by atoms with Gasteiger partial charge in [0.2, 0.25) is 0 Å². The Labute approximate surface area is 145 Å². The van der Waals surface area contributed by atoms with Crippen LogP contribution < -0.4 is 10.9 Å². The number of hydrogen-bond donors (Lipinski definition) is 2. The molecule has 0 fully saturated rings. The predicted octanol–water partition coefficient (Wildman–Crippen LogP) is 4.04. The minimum absolute atomic E-state index is 0.148. The minimum Gasteiger partial charge on any atom is -0.346 e. The maximum Gasteiger partial charge on any atom is 0.261 e. The summed E-state index contributed by atoms with van der Waals surface area (Å²) < 4.78 is 0.860. The van der Waals surface area contributed by atoms with Gasteiger partial charge in [-0.1, -0.05) is 17.7 Å². The molecule has 120 valence electrons. The number of carbonyl (C=O) groups is 1. The first kappa shape index (κ1) is 15.1. The smallest absolute Gasteiger partial charge is 0.261 e. The highest BCUT2D eigenvalue weighted by molar-refractivity contribution is 7.21. The second kappa shape index (κ2) is 5.89. The summed E-state index contributed by atoms with van der Waals surface area (Å²) in [6.07, 6.45) is 0. The number of carbonyl (C=O) groups excluding carboxylic acids is 1. The molecular weight excluding hydrogens is 340 g/mol. The molecule has 0 aliphatic rings. The Morgan fingerprint density at radius 2 is 2.08 bits per heavy atom. The lowest BCUT2D eigenvalue weighted by Crippen LogP contribution is -2.21. The molecule has 0 aliphatic heterocycles. The lowest BCUT2D eigenvalue weighted by atomic mass is 10.1. The summed E-state index contributed by atoms with van der Waals surface area (Å²) in [5, 5.41) is 6.44. The van der Waals surface area contributed by atoms with E-state index in [0.717, 1.165) is 26.0 Å². The molecule has 2 N–H and O–H groups in total. The first-order valence-corrected chi connectivity index (χ1v) is 9.18. The molecule has 0 bridgehead atoms. The monoisotopic (exact) mass is 354 g/mol. The van der Waals surface area contributed by atoms with Crippen molar-refractivity contribution < 1.29 is 4.79 Å². The van der Waals surface area contributed by atoms with Crippen LogP contribution in [-0.2, 0) is 6.54 Å². The van der Waals surface area contributed by atoms with Gasteiger partial charge >= 0.3 is 0 Å². The summed E-state index contributed by atoms with van der Waals surface area (Å²) in [6.45, 7) is 2.51. The highest BCUT2D eigenvalue weighted by Gasteiger charge is 2.14. The molecule has 0 aliphatic carbocycles. The molecule has 0 saturated carbocycles. The SMILES string of the molecule is Cc1ccc2[nH]c(=O)c3cc(C(=O)NCc4cccs4)sc3c2c1. The maximum atomic E-state index is 12.4. The fourth-order valence-electron chi connectivity index (χ4n) is 2.68. The largest absolute Gasteiger partial charge is 0.346 e. The van der Waals surface area contributed by atoms with Crippen LogP contribution in [0.25, 0.3) is 21.0 Å². The Balaban J connectivity index is 1.75. The quantitative estimate of drug-likeness (QED) is 0.583. The van der Waals surface area contributed by atoms with Crippen LogP contribution in [0.2, 0.25) is 0 Å². The Kier molecular flexibility index (Phi) is 3.70. The molecule has 1 aromatic carbocycles. The van der Waals surface area contributed by atoms with E-state index < -0.39 is 0 Å². The molecule has 4 rings (SSSR count). The summed E-state index contributed by atoms with van der Waals surface area (Å²) in [4.78, 5) is 29.2. The summed E-state index contributed by atoms with van der Waals surface area (Å²) in [7, 11) is 0. The van der Waals surface area contributed by atoms with Crippen molar-refractivity contribution in [1.29, 1.82) is 0 Å². The lowest BCUT2D eigenvalue weighted by molar-refractivity contribution is 0.0955. The summed E-state index contributed by atoms with van der Waals surface area (Å²) in [5.41, 5.74) is 1.76. The Morgan fingerprint density at radius 1 is 1.21 bits per heavy atom. The van der Waals surface area contributed by atoms with E-state index in [1.54, 1.807) is 17.4 Å². The Bertz CT molecular complexity index is 1110. The number of hydrogen-bond acceptors (Lipinski definition) is 4. The fraction of sp³-hybridized carbons (Fsp3) is 0.111. The molecule has 0 atom stereocenters. The molecule has 3 heterocycles. The van der Waals surface area contributed by atoms with Crippen LogP contribution in [0, 0.1) is 6.92 Å². The summed E-state index contributed by atoms with van der Waals surface area (Å²) in [6, 6.07) is 11.5. The second-order valence-electron chi connectivity index (χ2n) is 5.62. The van der Waals surface area contributed by atoms with Crippen LogP contribution in [0.1, 0.15) is 20.1 Å². The normalized spacial score (nSPS) is 11.2. The van der Waals surface area contributed by atoms with Crippen molar-refractivity contribution in [2.24, 2.45) is 0 Å². The van der Waals surface area contributed by atoms with Gasteiger partial charge < -0.3 is 10.3 Å². The highest BCUT2D eigenvalue weighted by atomic mass is 32.1. The average molecular weight is 354 g/mol. The van der Waals surface area contributed by atoms with Crippen molar-refractivity contribution in [2.75, 3.05) is 0 Å². The van der Waals surface area contributed by atoms with Gasteiger partial charge in [-0.2, -0.15) is 0 Å². The number of nitrogens with one attached hydrogen (secondary N) is 2. The number of fused-ring (bicyclic) bond motifs is 3. The van der Waals surface area contributed by atoms with Crippen molar-refractivity contribution in [3.63, 3.8) is 0 Å². The minimum atomic E-state index is -0.157.